The van der Waals surface area contributed by atoms with Crippen LogP contribution < -0.4 is 15.5 Å². The monoisotopic (exact) mass is 531 g/mol. The Hall–Kier alpha value is -5.18. The third-order valence-electron chi connectivity index (χ3n) is 7.91. The number of carbonyl (C=O) groups is 3. The number of hydrogen-bond donors (Lipinski definition) is 2. The number of H-pyrrole nitrogens is 1. The van der Waals surface area contributed by atoms with E-state index in [1.165, 1.54) is 0 Å². The fraction of sp³-hybridized carbons (Fsp3) is 0.161. The third kappa shape index (κ3) is 3.47. The summed E-state index contributed by atoms with van der Waals surface area (Å²) >= 11 is 0. The number of ether oxygens (including phenoxy) is 1. The number of cyclic esters (lactones) is 1. The number of nitrogens with two attached hydrogens (primary N) is 1. The first-order chi connectivity index (χ1) is 19.3. The number of hydrogen-bond acceptors (Lipinski definition) is 5. The van der Waals surface area contributed by atoms with Crippen molar-refractivity contribution in [3.63, 3.8) is 0 Å². The molecule has 9 nitrogen and oxygen atoms in total. The quantitative estimate of drug-likeness (QED) is 0.330. The maximum absolute atomic E-state index is 13.3. The number of amides is 3. The Kier molecular flexibility index (Phi) is 5.18. The summed E-state index contributed by atoms with van der Waals surface area (Å²) in [6.45, 7) is 5.29. The lowest BCUT2D eigenvalue weighted by molar-refractivity contribution is 0.0990. The summed E-state index contributed by atoms with van der Waals surface area (Å²) in [7, 11) is 0. The van der Waals surface area contributed by atoms with Gasteiger partial charge in [-0.15, -0.1) is 0 Å². The molecule has 2 aliphatic heterocycles. The Morgan fingerprint density at radius 1 is 0.975 bits per heavy atom. The van der Waals surface area contributed by atoms with Crippen molar-refractivity contribution in [2.75, 3.05) is 23.0 Å². The number of benzene rings is 3. The fourth-order valence-corrected chi connectivity index (χ4v) is 5.93. The first-order valence-corrected chi connectivity index (χ1v) is 13.0. The summed E-state index contributed by atoms with van der Waals surface area (Å²) in [6.07, 6.45) is 3.12. The van der Waals surface area contributed by atoms with Crippen LogP contribution in [-0.2, 0) is 11.3 Å². The highest BCUT2D eigenvalue weighted by Crippen LogP contribution is 2.41. The standard InChI is InChI=1S/C31H25N5O4/c1-16-3-5-20-18(11-16)15-36(30(20)38)26-14-33-13-24(17(26)2)21-7-8-23(29(32)37)28-27(21)22-6-4-19(12-25(22)34-28)35-9-10-40-31(35)39/h3-8,11-14,34H,9-10,15H2,1-2H3,(H2,32,37). The molecule has 0 radical (unpaired) electrons. The van der Waals surface area contributed by atoms with Crippen LogP contribution in [0.1, 0.15) is 37.4 Å². The van der Waals surface area contributed by atoms with Gasteiger partial charge in [0.15, 0.2) is 0 Å². The Balaban J connectivity index is 1.40. The highest BCUT2D eigenvalue weighted by atomic mass is 16.6. The summed E-state index contributed by atoms with van der Waals surface area (Å²) in [5, 5.41) is 1.69. The average Bonchev–Trinajstić information content (AvgIpc) is 3.62. The van der Waals surface area contributed by atoms with E-state index < -0.39 is 5.91 Å². The molecule has 4 heterocycles. The first-order valence-electron chi connectivity index (χ1n) is 13.0. The van der Waals surface area contributed by atoms with Crippen LogP contribution in [0.2, 0.25) is 0 Å². The predicted molar refractivity (Wildman–Crippen MR) is 153 cm³/mol. The zero-order valence-corrected chi connectivity index (χ0v) is 21.9. The minimum atomic E-state index is -0.550. The largest absolute Gasteiger partial charge is 0.447 e. The number of anilines is 2. The van der Waals surface area contributed by atoms with Gasteiger partial charge in [-0.2, -0.15) is 0 Å². The van der Waals surface area contributed by atoms with Gasteiger partial charge in [0.2, 0.25) is 0 Å². The average molecular weight is 532 g/mol. The highest BCUT2D eigenvalue weighted by Gasteiger charge is 2.31. The molecule has 3 N–H and O–H groups in total. The molecular formula is C31H25N5O4. The maximum Gasteiger partial charge on any atom is 0.414 e. The van der Waals surface area contributed by atoms with Crippen molar-refractivity contribution in [2.45, 2.75) is 20.4 Å². The molecule has 0 saturated carbocycles. The first kappa shape index (κ1) is 23.9. The lowest BCUT2D eigenvalue weighted by Gasteiger charge is -2.20. The molecule has 0 aliphatic carbocycles. The van der Waals surface area contributed by atoms with Crippen LogP contribution in [0.5, 0.6) is 0 Å². The molecule has 40 heavy (non-hydrogen) atoms. The van der Waals surface area contributed by atoms with E-state index in [0.717, 1.165) is 49.8 Å². The summed E-state index contributed by atoms with van der Waals surface area (Å²) in [4.78, 5) is 49.1. The maximum atomic E-state index is 13.3. The molecule has 3 amide bonds. The molecule has 2 aliphatic rings. The van der Waals surface area contributed by atoms with Gasteiger partial charge in [-0.3, -0.25) is 19.5 Å². The van der Waals surface area contributed by atoms with Gasteiger partial charge in [-0.05, 0) is 54.8 Å². The lowest BCUT2D eigenvalue weighted by Crippen LogP contribution is -2.24. The van der Waals surface area contributed by atoms with E-state index in [0.29, 0.717) is 42.0 Å². The van der Waals surface area contributed by atoms with Crippen molar-refractivity contribution in [1.29, 1.82) is 0 Å². The molecular weight excluding hydrogens is 506 g/mol. The Morgan fingerprint density at radius 2 is 1.80 bits per heavy atom. The van der Waals surface area contributed by atoms with Gasteiger partial charge < -0.3 is 20.4 Å². The van der Waals surface area contributed by atoms with Gasteiger partial charge in [0.1, 0.15) is 6.61 Å². The number of rotatable bonds is 4. The van der Waals surface area contributed by atoms with Crippen molar-refractivity contribution >= 4 is 51.1 Å². The number of primary amides is 1. The minimum Gasteiger partial charge on any atom is -0.447 e. The number of nitrogens with one attached hydrogen (secondary N) is 1. The zero-order chi connectivity index (χ0) is 27.7. The number of aromatic nitrogens is 2. The summed E-state index contributed by atoms with van der Waals surface area (Å²) in [5.41, 5.74) is 14.3. The van der Waals surface area contributed by atoms with E-state index in [9.17, 15) is 14.4 Å². The summed E-state index contributed by atoms with van der Waals surface area (Å²) < 4.78 is 5.10. The van der Waals surface area contributed by atoms with Gasteiger partial charge in [-0.1, -0.05) is 29.8 Å². The molecule has 2 aromatic heterocycles. The number of pyridine rings is 1. The van der Waals surface area contributed by atoms with Crippen molar-refractivity contribution < 1.29 is 19.1 Å². The smallest absolute Gasteiger partial charge is 0.414 e. The molecule has 198 valence electrons. The molecule has 0 unspecified atom stereocenters. The van der Waals surface area contributed by atoms with Crippen LogP contribution in [0.4, 0.5) is 16.2 Å². The van der Waals surface area contributed by atoms with E-state index in [-0.39, 0.29) is 12.0 Å². The van der Waals surface area contributed by atoms with E-state index in [2.05, 4.69) is 9.97 Å². The van der Waals surface area contributed by atoms with Gasteiger partial charge in [0.05, 0.1) is 36.1 Å². The Bertz CT molecular complexity index is 1920. The molecule has 1 saturated heterocycles. The number of nitrogens with zero attached hydrogens (tertiary/aromatic N) is 3. The highest BCUT2D eigenvalue weighted by molar-refractivity contribution is 6.20. The fourth-order valence-electron chi connectivity index (χ4n) is 5.93. The van der Waals surface area contributed by atoms with Crippen molar-refractivity contribution in [1.82, 2.24) is 9.97 Å². The molecule has 3 aromatic carbocycles. The van der Waals surface area contributed by atoms with Crippen LogP contribution in [0.25, 0.3) is 32.9 Å². The second-order valence-corrected chi connectivity index (χ2v) is 10.3. The third-order valence-corrected chi connectivity index (χ3v) is 7.91. The van der Waals surface area contributed by atoms with Crippen LogP contribution in [0.15, 0.2) is 60.9 Å². The van der Waals surface area contributed by atoms with Gasteiger partial charge in [-0.25, -0.2) is 4.79 Å². The molecule has 0 atom stereocenters. The van der Waals surface area contributed by atoms with Crippen molar-refractivity contribution in [3.05, 3.63) is 88.7 Å². The van der Waals surface area contributed by atoms with Crippen LogP contribution in [0, 0.1) is 13.8 Å². The molecule has 1 fully saturated rings. The van der Waals surface area contributed by atoms with E-state index in [4.69, 9.17) is 10.5 Å². The zero-order valence-electron chi connectivity index (χ0n) is 21.9. The second-order valence-electron chi connectivity index (χ2n) is 10.3. The summed E-state index contributed by atoms with van der Waals surface area (Å²) in [5.74, 6) is -0.600. The van der Waals surface area contributed by atoms with Gasteiger partial charge in [0, 0.05) is 39.3 Å². The molecule has 5 aromatic rings. The van der Waals surface area contributed by atoms with E-state index >= 15 is 0 Å². The number of carbonyl (C=O) groups excluding carboxylic acids is 3. The van der Waals surface area contributed by atoms with Crippen LogP contribution >= 0.6 is 0 Å². The summed E-state index contributed by atoms with van der Waals surface area (Å²) in [6, 6.07) is 15.1. The van der Waals surface area contributed by atoms with E-state index in [1.807, 2.05) is 56.3 Å². The van der Waals surface area contributed by atoms with Crippen LogP contribution in [-0.4, -0.2) is 41.0 Å². The normalized spacial score (nSPS) is 14.8. The van der Waals surface area contributed by atoms with Crippen molar-refractivity contribution in [2.24, 2.45) is 5.73 Å². The van der Waals surface area contributed by atoms with Crippen LogP contribution in [0.3, 0.4) is 0 Å². The molecule has 0 spiro atoms. The van der Waals surface area contributed by atoms with E-state index in [1.54, 1.807) is 28.3 Å². The topological polar surface area (TPSA) is 122 Å². The number of aryl methyl sites for hydroxylation is 1. The van der Waals surface area contributed by atoms with Crippen molar-refractivity contribution in [3.8, 4) is 11.1 Å². The number of fused-ring (bicyclic) bond motifs is 4. The number of aromatic amines is 1. The lowest BCUT2D eigenvalue weighted by atomic mass is 9.94. The Morgan fingerprint density at radius 3 is 2.58 bits per heavy atom. The molecule has 7 rings (SSSR count). The second kappa shape index (κ2) is 8.67. The predicted octanol–water partition coefficient (Wildman–Crippen LogP) is 5.22. The SMILES string of the molecule is Cc1ccc2c(c1)CN(c1cncc(-c3ccc(C(N)=O)c4[nH]c5cc(N6CCOC6=O)ccc5c34)c1C)C2=O. The minimum absolute atomic E-state index is 0.0497. The van der Waals surface area contributed by atoms with Gasteiger partial charge in [0.25, 0.3) is 11.8 Å². The Labute approximate surface area is 229 Å². The molecule has 0 bridgehead atoms. The van der Waals surface area contributed by atoms with Gasteiger partial charge >= 0.3 is 6.09 Å². The molecule has 9 heteroatoms.